The predicted octanol–water partition coefficient (Wildman–Crippen LogP) is 2.41. The van der Waals surface area contributed by atoms with Crippen LogP contribution in [0.3, 0.4) is 0 Å². The van der Waals surface area contributed by atoms with E-state index in [-0.39, 0.29) is 11.2 Å². The molecule has 0 spiro atoms. The van der Waals surface area contributed by atoms with E-state index in [4.69, 9.17) is 13.9 Å². The van der Waals surface area contributed by atoms with Crippen molar-refractivity contribution in [2.75, 3.05) is 21.3 Å². The largest absolute Gasteiger partial charge is 0.497 e. The second-order valence-electron chi connectivity index (χ2n) is 4.22. The number of benzene rings is 1. The van der Waals surface area contributed by atoms with Crippen molar-refractivity contribution < 1.29 is 23.4 Å². The summed E-state index contributed by atoms with van der Waals surface area (Å²) in [7, 11) is 4.45. The highest BCUT2D eigenvalue weighted by Gasteiger charge is 2.20. The summed E-state index contributed by atoms with van der Waals surface area (Å²) in [5, 5.41) is 7.75. The first-order valence-corrected chi connectivity index (χ1v) is 7.27. The van der Waals surface area contributed by atoms with E-state index in [1.807, 2.05) is 0 Å². The normalized spacial score (nSPS) is 11.8. The van der Waals surface area contributed by atoms with Gasteiger partial charge in [0.25, 0.3) is 11.1 Å². The number of rotatable bonds is 6. The summed E-state index contributed by atoms with van der Waals surface area (Å²) in [5.41, 5.74) is 0.647. The molecule has 0 aliphatic carbocycles. The first kappa shape index (κ1) is 16.2. The van der Waals surface area contributed by atoms with Crippen molar-refractivity contribution in [3.63, 3.8) is 0 Å². The van der Waals surface area contributed by atoms with Crippen molar-refractivity contribution in [1.29, 1.82) is 0 Å². The van der Waals surface area contributed by atoms with Crippen LogP contribution in [-0.4, -0.2) is 42.7 Å². The average Bonchev–Trinajstić information content (AvgIpc) is 3.01. The lowest BCUT2D eigenvalue weighted by molar-refractivity contribution is -0.139. The monoisotopic (exact) mass is 324 g/mol. The van der Waals surface area contributed by atoms with E-state index < -0.39 is 5.25 Å². The Bertz CT molecular complexity index is 658. The van der Waals surface area contributed by atoms with Crippen molar-refractivity contribution in [2.45, 2.75) is 17.4 Å². The van der Waals surface area contributed by atoms with Crippen LogP contribution in [0.15, 0.2) is 27.8 Å². The molecule has 0 amide bonds. The molecule has 1 atom stereocenters. The molecule has 1 heterocycles. The van der Waals surface area contributed by atoms with Gasteiger partial charge in [-0.1, -0.05) is 11.8 Å². The molecule has 8 heteroatoms. The highest BCUT2D eigenvalue weighted by atomic mass is 32.2. The Morgan fingerprint density at radius 3 is 2.64 bits per heavy atom. The van der Waals surface area contributed by atoms with Gasteiger partial charge in [0.15, 0.2) is 0 Å². The number of ether oxygens (including phenoxy) is 3. The van der Waals surface area contributed by atoms with Gasteiger partial charge in [-0.15, -0.1) is 10.2 Å². The highest BCUT2D eigenvalue weighted by molar-refractivity contribution is 8.00. The fourth-order valence-corrected chi connectivity index (χ4v) is 2.42. The van der Waals surface area contributed by atoms with E-state index in [1.54, 1.807) is 39.3 Å². The summed E-state index contributed by atoms with van der Waals surface area (Å²) >= 11 is 1.13. The number of methoxy groups -OCH3 is 3. The highest BCUT2D eigenvalue weighted by Crippen LogP contribution is 2.34. The molecule has 1 aromatic carbocycles. The smallest absolute Gasteiger partial charge is 0.319 e. The lowest BCUT2D eigenvalue weighted by Gasteiger charge is -2.07. The van der Waals surface area contributed by atoms with Crippen molar-refractivity contribution in [3.05, 3.63) is 18.2 Å². The van der Waals surface area contributed by atoms with Gasteiger partial charge in [-0.2, -0.15) is 0 Å². The Labute approximate surface area is 132 Å². The Morgan fingerprint density at radius 2 is 2.00 bits per heavy atom. The van der Waals surface area contributed by atoms with E-state index >= 15 is 0 Å². The van der Waals surface area contributed by atoms with Gasteiger partial charge >= 0.3 is 5.97 Å². The number of hydrogen-bond donors (Lipinski definition) is 0. The van der Waals surface area contributed by atoms with E-state index in [1.165, 1.54) is 7.11 Å². The second kappa shape index (κ2) is 7.17. The maximum Gasteiger partial charge on any atom is 0.319 e. The minimum absolute atomic E-state index is 0.283. The lowest BCUT2D eigenvalue weighted by Crippen LogP contribution is -2.14. The maximum atomic E-state index is 11.4. The number of esters is 1. The Kier molecular flexibility index (Phi) is 5.26. The van der Waals surface area contributed by atoms with Crippen molar-refractivity contribution in [1.82, 2.24) is 10.2 Å². The van der Waals surface area contributed by atoms with Gasteiger partial charge in [-0.25, -0.2) is 0 Å². The fourth-order valence-electron chi connectivity index (χ4n) is 1.71. The summed E-state index contributed by atoms with van der Waals surface area (Å²) in [4.78, 5) is 11.4. The molecule has 0 unspecified atom stereocenters. The third kappa shape index (κ3) is 3.51. The average molecular weight is 324 g/mol. The van der Waals surface area contributed by atoms with Crippen molar-refractivity contribution in [2.24, 2.45) is 0 Å². The van der Waals surface area contributed by atoms with Gasteiger partial charge in [0, 0.05) is 6.07 Å². The molecule has 0 radical (unpaired) electrons. The minimum Gasteiger partial charge on any atom is -0.497 e. The number of thioether (sulfide) groups is 1. The van der Waals surface area contributed by atoms with Gasteiger partial charge in [0.2, 0.25) is 0 Å². The molecule has 0 bridgehead atoms. The fraction of sp³-hybridized carbons (Fsp3) is 0.357. The Balaban J connectivity index is 2.23. The van der Waals surface area contributed by atoms with Crippen LogP contribution in [-0.2, 0) is 9.53 Å². The van der Waals surface area contributed by atoms with Crippen LogP contribution in [0.25, 0.3) is 11.5 Å². The van der Waals surface area contributed by atoms with Gasteiger partial charge in [-0.05, 0) is 19.1 Å². The van der Waals surface area contributed by atoms with E-state index in [0.29, 0.717) is 23.0 Å². The van der Waals surface area contributed by atoms with Crippen LogP contribution >= 0.6 is 11.8 Å². The number of hydrogen-bond acceptors (Lipinski definition) is 8. The first-order valence-electron chi connectivity index (χ1n) is 6.39. The molecular formula is C14H16N2O5S. The molecule has 0 fully saturated rings. The molecule has 0 saturated carbocycles. The number of aromatic nitrogens is 2. The van der Waals surface area contributed by atoms with Crippen LogP contribution in [0, 0.1) is 0 Å². The zero-order valence-corrected chi connectivity index (χ0v) is 13.5. The number of carbonyl (C=O) groups is 1. The Hall–Kier alpha value is -2.22. The molecule has 0 aliphatic rings. The predicted molar refractivity (Wildman–Crippen MR) is 80.2 cm³/mol. The van der Waals surface area contributed by atoms with Crippen molar-refractivity contribution >= 4 is 17.7 Å². The second-order valence-corrected chi connectivity index (χ2v) is 5.51. The van der Waals surface area contributed by atoms with Crippen molar-refractivity contribution in [3.8, 4) is 23.0 Å². The van der Waals surface area contributed by atoms with Crippen LogP contribution in [0.5, 0.6) is 11.5 Å². The molecule has 0 N–H and O–H groups in total. The van der Waals surface area contributed by atoms with Crippen LogP contribution in [0.1, 0.15) is 6.92 Å². The molecule has 0 saturated heterocycles. The third-order valence-corrected chi connectivity index (χ3v) is 3.77. The molecule has 2 rings (SSSR count). The molecule has 7 nitrogen and oxygen atoms in total. The van der Waals surface area contributed by atoms with E-state index in [0.717, 1.165) is 11.8 Å². The van der Waals surface area contributed by atoms with E-state index in [9.17, 15) is 4.79 Å². The standard InChI is InChI=1S/C14H16N2O5S/c1-8(13(17)20-4)22-14-16-15-12(21-14)10-6-5-9(18-2)7-11(10)19-3/h5-8H,1-4H3/t8-/m0/s1. The maximum absolute atomic E-state index is 11.4. The zero-order valence-electron chi connectivity index (χ0n) is 12.7. The van der Waals surface area contributed by atoms with Gasteiger partial charge in [-0.3, -0.25) is 4.79 Å². The quantitative estimate of drug-likeness (QED) is 0.591. The first-order chi connectivity index (χ1) is 10.6. The van der Waals surface area contributed by atoms with Gasteiger partial charge in [0.1, 0.15) is 16.7 Å². The lowest BCUT2D eigenvalue weighted by atomic mass is 10.2. The number of carbonyl (C=O) groups excluding carboxylic acids is 1. The molecule has 2 aromatic rings. The summed E-state index contributed by atoms with van der Waals surface area (Å²) in [5.74, 6) is 1.17. The third-order valence-electron chi connectivity index (χ3n) is 2.86. The molecular weight excluding hydrogens is 308 g/mol. The van der Waals surface area contributed by atoms with Crippen LogP contribution in [0.4, 0.5) is 0 Å². The molecule has 0 aliphatic heterocycles. The van der Waals surface area contributed by atoms with Gasteiger partial charge < -0.3 is 18.6 Å². The molecule has 22 heavy (non-hydrogen) atoms. The summed E-state index contributed by atoms with van der Waals surface area (Å²) in [6.45, 7) is 1.70. The SMILES string of the molecule is COC(=O)[C@H](C)Sc1nnc(-c2ccc(OC)cc2OC)o1. The summed E-state index contributed by atoms with van der Waals surface area (Å²) in [6.07, 6.45) is 0. The van der Waals surface area contributed by atoms with Gasteiger partial charge in [0.05, 0.1) is 26.9 Å². The van der Waals surface area contributed by atoms with Crippen LogP contribution < -0.4 is 9.47 Å². The van der Waals surface area contributed by atoms with Crippen LogP contribution in [0.2, 0.25) is 0 Å². The molecule has 1 aromatic heterocycles. The minimum atomic E-state index is -0.434. The summed E-state index contributed by atoms with van der Waals surface area (Å²) in [6, 6.07) is 5.26. The van der Waals surface area contributed by atoms with E-state index in [2.05, 4.69) is 14.9 Å². The number of nitrogens with zero attached hydrogens (tertiary/aromatic N) is 2. The zero-order chi connectivity index (χ0) is 16.1. The topological polar surface area (TPSA) is 83.7 Å². The summed E-state index contributed by atoms with van der Waals surface area (Å²) < 4.78 is 20.7. The Morgan fingerprint density at radius 1 is 1.23 bits per heavy atom. The molecule has 118 valence electrons.